The molecule has 7 nitrogen and oxygen atoms in total. The fourth-order valence-electron chi connectivity index (χ4n) is 4.30. The quantitative estimate of drug-likeness (QED) is 0.623. The minimum absolute atomic E-state index is 0.00394. The summed E-state index contributed by atoms with van der Waals surface area (Å²) in [6.45, 7) is 3.65. The number of carbonyl (C=O) groups excluding carboxylic acids is 1. The van der Waals surface area contributed by atoms with E-state index in [1.807, 2.05) is 34.1 Å². The number of ether oxygens (including phenoxy) is 1. The Morgan fingerprint density at radius 2 is 2.10 bits per heavy atom. The minimum atomic E-state index is 0.00394. The van der Waals surface area contributed by atoms with Crippen molar-refractivity contribution < 1.29 is 9.53 Å². The summed E-state index contributed by atoms with van der Waals surface area (Å²) in [6, 6.07) is 10.1. The molecule has 5 rings (SSSR count). The van der Waals surface area contributed by atoms with Gasteiger partial charge in [-0.25, -0.2) is 4.98 Å². The number of pyridine rings is 1. The van der Waals surface area contributed by atoms with E-state index in [4.69, 9.17) is 4.74 Å². The minimum Gasteiger partial charge on any atom is -0.437 e. The monoisotopic (exact) mass is 413 g/mol. The molecule has 1 unspecified atom stereocenters. The molecule has 1 aromatic carbocycles. The average Bonchev–Trinajstić information content (AvgIpc) is 3.51. The number of hydrogen-bond donors (Lipinski definition) is 0. The molecule has 0 saturated heterocycles. The lowest BCUT2D eigenvalue weighted by Crippen LogP contribution is -2.40. The molecule has 2 aliphatic rings. The van der Waals surface area contributed by atoms with Gasteiger partial charge < -0.3 is 9.64 Å². The molecule has 0 bridgehead atoms. The van der Waals surface area contributed by atoms with Crippen molar-refractivity contribution in [2.45, 2.75) is 51.6 Å². The number of nitriles is 1. The SMILES string of the molecule is CC(=O)N1c2ccc(-c3cnn(C4CC4)c3)c(Oc3ncccc3C#N)c2CCC1C. The Labute approximate surface area is 180 Å². The molecule has 0 spiro atoms. The van der Waals surface area contributed by atoms with Crippen LogP contribution in [0, 0.1) is 11.3 Å². The molecule has 7 heteroatoms. The normalized spacial score (nSPS) is 17.7. The van der Waals surface area contributed by atoms with E-state index in [0.29, 0.717) is 17.4 Å². The van der Waals surface area contributed by atoms with E-state index in [1.54, 1.807) is 25.3 Å². The number of fused-ring (bicyclic) bond motifs is 1. The van der Waals surface area contributed by atoms with Crippen molar-refractivity contribution in [1.29, 1.82) is 5.26 Å². The highest BCUT2D eigenvalue weighted by atomic mass is 16.5. The molecule has 1 aliphatic heterocycles. The molecule has 0 radical (unpaired) electrons. The number of carbonyl (C=O) groups is 1. The lowest BCUT2D eigenvalue weighted by molar-refractivity contribution is -0.117. The summed E-state index contributed by atoms with van der Waals surface area (Å²) in [5.41, 5.74) is 4.02. The topological polar surface area (TPSA) is 84.0 Å². The van der Waals surface area contributed by atoms with Crippen LogP contribution in [0.2, 0.25) is 0 Å². The van der Waals surface area contributed by atoms with Crippen LogP contribution in [0.25, 0.3) is 11.1 Å². The van der Waals surface area contributed by atoms with Crippen LogP contribution >= 0.6 is 0 Å². The van der Waals surface area contributed by atoms with Crippen molar-refractivity contribution in [3.8, 4) is 28.8 Å². The average molecular weight is 413 g/mol. The van der Waals surface area contributed by atoms with E-state index in [-0.39, 0.29) is 17.8 Å². The van der Waals surface area contributed by atoms with Crippen LogP contribution in [-0.4, -0.2) is 26.7 Å². The van der Waals surface area contributed by atoms with Crippen LogP contribution in [0.15, 0.2) is 42.9 Å². The maximum Gasteiger partial charge on any atom is 0.237 e. The predicted molar refractivity (Wildman–Crippen MR) is 116 cm³/mol. The molecule has 3 aromatic rings. The largest absolute Gasteiger partial charge is 0.437 e. The van der Waals surface area contributed by atoms with E-state index in [0.717, 1.165) is 48.1 Å². The molecule has 31 heavy (non-hydrogen) atoms. The van der Waals surface area contributed by atoms with Gasteiger partial charge in [-0.2, -0.15) is 10.4 Å². The predicted octanol–water partition coefficient (Wildman–Crippen LogP) is 4.63. The summed E-state index contributed by atoms with van der Waals surface area (Å²) in [5.74, 6) is 0.910. The first-order valence-corrected chi connectivity index (χ1v) is 10.6. The Kier molecular flexibility index (Phi) is 4.70. The number of benzene rings is 1. The zero-order valence-corrected chi connectivity index (χ0v) is 17.6. The maximum absolute atomic E-state index is 12.4. The van der Waals surface area contributed by atoms with Gasteiger partial charge in [-0.3, -0.25) is 9.48 Å². The van der Waals surface area contributed by atoms with Crippen LogP contribution in [0.1, 0.15) is 50.3 Å². The van der Waals surface area contributed by atoms with Gasteiger partial charge in [-0.15, -0.1) is 0 Å². The van der Waals surface area contributed by atoms with Gasteiger partial charge in [0.2, 0.25) is 11.8 Å². The zero-order chi connectivity index (χ0) is 21.5. The Balaban J connectivity index is 1.67. The standard InChI is InChI=1S/C24H23N5O2/c1-15-5-8-21-22(29(15)16(2)30)10-9-20(18-13-27-28(14-18)19-6-7-19)23(21)31-24-17(12-25)4-3-11-26-24/h3-4,9-11,13-15,19H,5-8H2,1-2H3. The van der Waals surface area contributed by atoms with Gasteiger partial charge >= 0.3 is 0 Å². The van der Waals surface area contributed by atoms with E-state index < -0.39 is 0 Å². The zero-order valence-electron chi connectivity index (χ0n) is 17.6. The number of anilines is 1. The molecular formula is C24H23N5O2. The van der Waals surface area contributed by atoms with Gasteiger partial charge in [0.25, 0.3) is 0 Å². The molecule has 3 heterocycles. The number of rotatable bonds is 4. The molecule has 2 aromatic heterocycles. The number of nitrogens with zero attached hydrogens (tertiary/aromatic N) is 5. The van der Waals surface area contributed by atoms with E-state index >= 15 is 0 Å². The molecule has 1 saturated carbocycles. The summed E-state index contributed by atoms with van der Waals surface area (Å²) in [5, 5.41) is 14.0. The van der Waals surface area contributed by atoms with Gasteiger partial charge in [-0.05, 0) is 56.9 Å². The third-order valence-electron chi connectivity index (χ3n) is 6.01. The Hall–Kier alpha value is -3.66. The summed E-state index contributed by atoms with van der Waals surface area (Å²) >= 11 is 0. The lowest BCUT2D eigenvalue weighted by Gasteiger charge is -2.35. The Morgan fingerprint density at radius 1 is 1.26 bits per heavy atom. The summed E-state index contributed by atoms with van der Waals surface area (Å²) in [4.78, 5) is 18.5. The third-order valence-corrected chi connectivity index (χ3v) is 6.01. The van der Waals surface area contributed by atoms with Crippen LogP contribution in [0.3, 0.4) is 0 Å². The number of hydrogen-bond acceptors (Lipinski definition) is 5. The highest BCUT2D eigenvalue weighted by Gasteiger charge is 2.31. The summed E-state index contributed by atoms with van der Waals surface area (Å²) in [7, 11) is 0. The first-order chi connectivity index (χ1) is 15.1. The van der Waals surface area contributed by atoms with Crippen molar-refractivity contribution >= 4 is 11.6 Å². The van der Waals surface area contributed by atoms with Crippen LogP contribution < -0.4 is 9.64 Å². The molecule has 0 N–H and O–H groups in total. The lowest BCUT2D eigenvalue weighted by atomic mass is 9.92. The van der Waals surface area contributed by atoms with Crippen molar-refractivity contribution in [1.82, 2.24) is 14.8 Å². The number of aromatic nitrogens is 3. The van der Waals surface area contributed by atoms with Crippen molar-refractivity contribution in [2.75, 3.05) is 4.90 Å². The molecular weight excluding hydrogens is 390 g/mol. The van der Waals surface area contributed by atoms with Gasteiger partial charge in [0, 0.05) is 42.0 Å². The molecule has 1 amide bonds. The second-order valence-electron chi connectivity index (χ2n) is 8.23. The van der Waals surface area contributed by atoms with Crippen LogP contribution in [0.5, 0.6) is 11.6 Å². The second kappa shape index (κ2) is 7.55. The smallest absolute Gasteiger partial charge is 0.237 e. The molecule has 1 aliphatic carbocycles. The first kappa shape index (κ1) is 19.3. The van der Waals surface area contributed by atoms with Gasteiger partial charge in [0.1, 0.15) is 17.4 Å². The van der Waals surface area contributed by atoms with Crippen LogP contribution in [0.4, 0.5) is 5.69 Å². The first-order valence-electron chi connectivity index (χ1n) is 10.6. The van der Waals surface area contributed by atoms with Gasteiger partial charge in [0.05, 0.1) is 17.9 Å². The highest BCUT2D eigenvalue weighted by molar-refractivity contribution is 5.95. The van der Waals surface area contributed by atoms with E-state index in [1.165, 1.54) is 0 Å². The number of amides is 1. The highest BCUT2D eigenvalue weighted by Crippen LogP contribution is 2.45. The fourth-order valence-corrected chi connectivity index (χ4v) is 4.30. The van der Waals surface area contributed by atoms with Gasteiger partial charge in [-0.1, -0.05) is 0 Å². The van der Waals surface area contributed by atoms with Crippen molar-refractivity contribution in [2.24, 2.45) is 0 Å². The molecule has 156 valence electrons. The summed E-state index contributed by atoms with van der Waals surface area (Å²) < 4.78 is 8.33. The Morgan fingerprint density at radius 3 is 2.84 bits per heavy atom. The molecule has 1 fully saturated rings. The van der Waals surface area contributed by atoms with Gasteiger partial charge in [0.15, 0.2) is 0 Å². The molecule has 1 atom stereocenters. The third kappa shape index (κ3) is 3.44. The maximum atomic E-state index is 12.4. The Bertz CT molecular complexity index is 1200. The second-order valence-corrected chi connectivity index (χ2v) is 8.23. The summed E-state index contributed by atoms with van der Waals surface area (Å²) in [6.07, 6.45) is 9.42. The fraction of sp³-hybridized carbons (Fsp3) is 0.333. The van der Waals surface area contributed by atoms with E-state index in [2.05, 4.69) is 23.1 Å². The van der Waals surface area contributed by atoms with Crippen LogP contribution in [-0.2, 0) is 11.2 Å². The van der Waals surface area contributed by atoms with Crippen molar-refractivity contribution in [3.05, 3.63) is 54.0 Å². The van der Waals surface area contributed by atoms with Crippen molar-refractivity contribution in [3.63, 3.8) is 0 Å². The van der Waals surface area contributed by atoms with E-state index in [9.17, 15) is 10.1 Å².